The van der Waals surface area contributed by atoms with Crippen molar-refractivity contribution >= 4 is 11.7 Å². The van der Waals surface area contributed by atoms with Crippen molar-refractivity contribution in [3.63, 3.8) is 0 Å². The largest absolute Gasteiger partial charge is 0.495 e. The van der Waals surface area contributed by atoms with Crippen LogP contribution in [-0.2, 0) is 9.53 Å². The van der Waals surface area contributed by atoms with E-state index < -0.39 is 17.7 Å². The summed E-state index contributed by atoms with van der Waals surface area (Å²) in [5, 5.41) is 2.17. The molecule has 0 amide bonds. The Morgan fingerprint density at radius 1 is 1.30 bits per heavy atom. The minimum atomic E-state index is -4.82. The van der Waals surface area contributed by atoms with Gasteiger partial charge in [0.25, 0.3) is 0 Å². The number of carbonyl (C=O) groups excluding carboxylic acids is 1. The zero-order valence-corrected chi connectivity index (χ0v) is 11.4. The number of hydrogen-bond acceptors (Lipinski definition) is 4. The first-order chi connectivity index (χ1) is 9.26. The van der Waals surface area contributed by atoms with Gasteiger partial charge in [0.1, 0.15) is 5.75 Å². The van der Waals surface area contributed by atoms with Crippen LogP contribution in [0.15, 0.2) is 24.3 Å². The maximum absolute atomic E-state index is 13.2. The SMILES string of the molecule is CCOC(=O)C(C)(Nc1ccccc1OC)C(F)(F)F. The molecule has 1 aromatic rings. The normalized spacial score (nSPS) is 14.3. The predicted molar refractivity (Wildman–Crippen MR) is 67.7 cm³/mol. The third-order valence-electron chi connectivity index (χ3n) is 2.74. The molecule has 0 aliphatic heterocycles. The van der Waals surface area contributed by atoms with Crippen molar-refractivity contribution in [2.75, 3.05) is 19.0 Å². The maximum atomic E-state index is 13.2. The molecule has 0 saturated heterocycles. The minimum Gasteiger partial charge on any atom is -0.495 e. The Bertz CT molecular complexity index is 476. The number of nitrogens with one attached hydrogen (secondary N) is 1. The van der Waals surface area contributed by atoms with Crippen LogP contribution >= 0.6 is 0 Å². The van der Waals surface area contributed by atoms with Gasteiger partial charge in [0.15, 0.2) is 0 Å². The standard InChI is InChI=1S/C13H16F3NO3/c1-4-20-11(18)12(2,13(14,15)16)17-9-7-5-6-8-10(9)19-3/h5-8,17H,4H2,1-3H3. The molecular weight excluding hydrogens is 275 g/mol. The second kappa shape index (κ2) is 6.02. The summed E-state index contributed by atoms with van der Waals surface area (Å²) in [5.41, 5.74) is -2.79. The highest BCUT2D eigenvalue weighted by Gasteiger charge is 2.58. The fourth-order valence-corrected chi connectivity index (χ4v) is 1.53. The van der Waals surface area contributed by atoms with Crippen molar-refractivity contribution < 1.29 is 27.4 Å². The fourth-order valence-electron chi connectivity index (χ4n) is 1.53. The number of methoxy groups -OCH3 is 1. The highest BCUT2D eigenvalue weighted by Crippen LogP contribution is 2.37. The molecule has 0 heterocycles. The summed E-state index contributed by atoms with van der Waals surface area (Å²) in [6.07, 6.45) is -4.82. The lowest BCUT2D eigenvalue weighted by atomic mass is 10.0. The number of benzene rings is 1. The molecule has 0 bridgehead atoms. The molecule has 0 aromatic heterocycles. The molecule has 0 aliphatic rings. The highest BCUT2D eigenvalue weighted by atomic mass is 19.4. The molecule has 0 radical (unpaired) electrons. The van der Waals surface area contributed by atoms with Crippen molar-refractivity contribution in [2.24, 2.45) is 0 Å². The van der Waals surface area contributed by atoms with Gasteiger partial charge in [-0.3, -0.25) is 0 Å². The van der Waals surface area contributed by atoms with Crippen LogP contribution in [-0.4, -0.2) is 31.4 Å². The van der Waals surface area contributed by atoms with E-state index in [4.69, 9.17) is 4.74 Å². The van der Waals surface area contributed by atoms with Gasteiger partial charge < -0.3 is 14.8 Å². The Morgan fingerprint density at radius 3 is 2.40 bits per heavy atom. The zero-order valence-electron chi connectivity index (χ0n) is 11.4. The number of carbonyl (C=O) groups is 1. The summed E-state index contributed by atoms with van der Waals surface area (Å²) in [7, 11) is 1.33. The average molecular weight is 291 g/mol. The van der Waals surface area contributed by atoms with Crippen molar-refractivity contribution in [2.45, 2.75) is 25.6 Å². The van der Waals surface area contributed by atoms with E-state index in [2.05, 4.69) is 10.1 Å². The first kappa shape index (κ1) is 16.1. The molecule has 20 heavy (non-hydrogen) atoms. The zero-order chi connectivity index (χ0) is 15.4. The van der Waals surface area contributed by atoms with Gasteiger partial charge in [-0.15, -0.1) is 0 Å². The van der Waals surface area contributed by atoms with Gasteiger partial charge in [0.2, 0.25) is 5.54 Å². The van der Waals surface area contributed by atoms with Crippen LogP contribution in [0, 0.1) is 0 Å². The van der Waals surface area contributed by atoms with E-state index in [0.717, 1.165) is 6.92 Å². The second-order valence-corrected chi connectivity index (χ2v) is 4.17. The Balaban J connectivity index is 3.17. The molecule has 1 N–H and O–H groups in total. The quantitative estimate of drug-likeness (QED) is 0.847. The summed E-state index contributed by atoms with van der Waals surface area (Å²) >= 11 is 0. The van der Waals surface area contributed by atoms with Gasteiger partial charge in [-0.2, -0.15) is 13.2 Å². The van der Waals surface area contributed by atoms with E-state index >= 15 is 0 Å². The van der Waals surface area contributed by atoms with E-state index in [1.54, 1.807) is 6.07 Å². The van der Waals surface area contributed by atoms with Crippen molar-refractivity contribution in [1.82, 2.24) is 0 Å². The third-order valence-corrected chi connectivity index (χ3v) is 2.74. The van der Waals surface area contributed by atoms with Crippen molar-refractivity contribution in [3.8, 4) is 5.75 Å². The molecule has 1 atom stereocenters. The van der Waals surface area contributed by atoms with E-state index in [9.17, 15) is 18.0 Å². The third kappa shape index (κ3) is 3.15. The number of para-hydroxylation sites is 2. The fraction of sp³-hybridized carbons (Fsp3) is 0.462. The molecule has 7 heteroatoms. The first-order valence-corrected chi connectivity index (χ1v) is 5.91. The Hall–Kier alpha value is -1.92. The Labute approximate surface area is 114 Å². The van der Waals surface area contributed by atoms with Crippen molar-refractivity contribution in [3.05, 3.63) is 24.3 Å². The topological polar surface area (TPSA) is 47.6 Å². The minimum absolute atomic E-state index is 0.0582. The molecule has 0 saturated carbocycles. The highest BCUT2D eigenvalue weighted by molar-refractivity contribution is 5.86. The lowest BCUT2D eigenvalue weighted by molar-refractivity contribution is -0.196. The molecule has 0 aliphatic carbocycles. The molecule has 112 valence electrons. The van der Waals surface area contributed by atoms with E-state index in [1.165, 1.54) is 32.2 Å². The number of esters is 1. The van der Waals surface area contributed by atoms with E-state index in [-0.39, 0.29) is 18.0 Å². The summed E-state index contributed by atoms with van der Waals surface area (Å²) in [6.45, 7) is 2.04. The van der Waals surface area contributed by atoms with Gasteiger partial charge in [-0.25, -0.2) is 4.79 Å². The molecule has 0 spiro atoms. The molecule has 1 aromatic carbocycles. The number of hydrogen-bond donors (Lipinski definition) is 1. The number of ether oxygens (including phenoxy) is 2. The lowest BCUT2D eigenvalue weighted by Gasteiger charge is -2.31. The predicted octanol–water partition coefficient (Wildman–Crippen LogP) is 2.99. The molecule has 1 unspecified atom stereocenters. The van der Waals surface area contributed by atoms with Crippen molar-refractivity contribution in [1.29, 1.82) is 0 Å². The van der Waals surface area contributed by atoms with Gasteiger partial charge in [0.05, 0.1) is 19.4 Å². The van der Waals surface area contributed by atoms with E-state index in [1.807, 2.05) is 0 Å². The number of halogens is 3. The first-order valence-electron chi connectivity index (χ1n) is 5.91. The van der Waals surface area contributed by atoms with Crippen LogP contribution in [0.5, 0.6) is 5.75 Å². The van der Waals surface area contributed by atoms with Crippen LogP contribution in [0.4, 0.5) is 18.9 Å². The summed E-state index contributed by atoms with van der Waals surface area (Å²) in [4.78, 5) is 11.7. The second-order valence-electron chi connectivity index (χ2n) is 4.17. The van der Waals surface area contributed by atoms with Crippen LogP contribution < -0.4 is 10.1 Å². The number of anilines is 1. The van der Waals surface area contributed by atoms with E-state index in [0.29, 0.717) is 0 Å². The van der Waals surface area contributed by atoms with Gasteiger partial charge >= 0.3 is 12.1 Å². The smallest absolute Gasteiger partial charge is 0.422 e. The van der Waals surface area contributed by atoms with Crippen LogP contribution in [0.2, 0.25) is 0 Å². The van der Waals surface area contributed by atoms with Gasteiger partial charge in [-0.1, -0.05) is 12.1 Å². The molecule has 1 rings (SSSR count). The average Bonchev–Trinajstić information content (AvgIpc) is 2.38. The summed E-state index contributed by atoms with van der Waals surface area (Å²) in [5.74, 6) is -1.19. The molecule has 4 nitrogen and oxygen atoms in total. The van der Waals surface area contributed by atoms with Gasteiger partial charge in [0, 0.05) is 0 Å². The monoisotopic (exact) mass is 291 g/mol. The maximum Gasteiger partial charge on any atom is 0.422 e. The number of alkyl halides is 3. The Kier molecular flexibility index (Phi) is 4.86. The molecular formula is C13H16F3NO3. The summed E-state index contributed by atoms with van der Waals surface area (Å²) < 4.78 is 49.1. The van der Waals surface area contributed by atoms with Crippen LogP contribution in [0.25, 0.3) is 0 Å². The lowest BCUT2D eigenvalue weighted by Crippen LogP contribution is -2.56. The number of rotatable bonds is 5. The van der Waals surface area contributed by atoms with Gasteiger partial charge in [-0.05, 0) is 26.0 Å². The van der Waals surface area contributed by atoms with Crippen LogP contribution in [0.3, 0.4) is 0 Å². The van der Waals surface area contributed by atoms with Crippen LogP contribution in [0.1, 0.15) is 13.8 Å². The Morgan fingerprint density at radius 2 is 1.90 bits per heavy atom. The molecule has 0 fully saturated rings. The summed E-state index contributed by atoms with van der Waals surface area (Å²) in [6, 6.07) is 6.03.